The summed E-state index contributed by atoms with van der Waals surface area (Å²) in [6.45, 7) is 6.81. The topological polar surface area (TPSA) is 50.8 Å². The molecule has 0 aliphatic carbocycles. The molecule has 4 nitrogen and oxygen atoms in total. The Balaban J connectivity index is 2.66. The second-order valence-electron chi connectivity index (χ2n) is 6.00. The molecule has 1 unspecified atom stereocenters. The highest BCUT2D eigenvalue weighted by Crippen LogP contribution is 2.33. The van der Waals surface area contributed by atoms with E-state index in [1.165, 1.54) is 57.8 Å². The van der Waals surface area contributed by atoms with E-state index in [0.717, 1.165) is 5.82 Å². The lowest BCUT2D eigenvalue weighted by atomic mass is 9.79. The first-order valence-corrected chi connectivity index (χ1v) is 8.13. The first-order valence-electron chi connectivity index (χ1n) is 8.13. The second-order valence-corrected chi connectivity index (χ2v) is 6.00. The molecule has 0 saturated heterocycles. The van der Waals surface area contributed by atoms with Crippen LogP contribution in [-0.2, 0) is 5.41 Å². The van der Waals surface area contributed by atoms with Gasteiger partial charge in [-0.05, 0) is 12.8 Å². The van der Waals surface area contributed by atoms with Crippen molar-refractivity contribution in [3.05, 3.63) is 5.82 Å². The number of aromatic nitrogens is 3. The van der Waals surface area contributed by atoms with Gasteiger partial charge in [0.2, 0.25) is 0 Å². The Morgan fingerprint density at radius 1 is 1.00 bits per heavy atom. The summed E-state index contributed by atoms with van der Waals surface area (Å²) < 4.78 is 5.11. The summed E-state index contributed by atoms with van der Waals surface area (Å²) in [5.74, 6) is 0.988. The van der Waals surface area contributed by atoms with Crippen LogP contribution in [0.25, 0.3) is 0 Å². The molecule has 0 aliphatic rings. The number of methoxy groups -OCH3 is 1. The van der Waals surface area contributed by atoms with E-state index in [0.29, 0.717) is 6.01 Å². The smallest absolute Gasteiger partial charge is 0.335 e. The van der Waals surface area contributed by atoms with Crippen LogP contribution < -0.4 is 4.74 Å². The van der Waals surface area contributed by atoms with Crippen molar-refractivity contribution < 1.29 is 4.74 Å². The standard InChI is InChI=1S/C16H31N3O/c1-5-7-9-11-13-16(3,12-10-8-6-2)14-17-15(20-4)19-18-14/h5-13H2,1-4H3,(H,17,18,19). The van der Waals surface area contributed by atoms with Gasteiger partial charge in [-0.25, -0.2) is 0 Å². The predicted molar refractivity (Wildman–Crippen MR) is 83.2 cm³/mol. The second kappa shape index (κ2) is 8.98. The van der Waals surface area contributed by atoms with Crippen molar-refractivity contribution >= 4 is 0 Å². The first kappa shape index (κ1) is 17.0. The van der Waals surface area contributed by atoms with Crippen LogP contribution in [0.2, 0.25) is 0 Å². The van der Waals surface area contributed by atoms with Gasteiger partial charge in [0.1, 0.15) is 5.82 Å². The number of ether oxygens (including phenoxy) is 1. The molecule has 1 N–H and O–H groups in total. The molecule has 116 valence electrons. The van der Waals surface area contributed by atoms with Crippen molar-refractivity contribution in [2.75, 3.05) is 7.11 Å². The van der Waals surface area contributed by atoms with Gasteiger partial charge in [-0.15, -0.1) is 5.10 Å². The van der Waals surface area contributed by atoms with Crippen LogP contribution in [0.1, 0.15) is 84.4 Å². The summed E-state index contributed by atoms with van der Waals surface area (Å²) in [7, 11) is 1.61. The van der Waals surface area contributed by atoms with E-state index in [4.69, 9.17) is 4.74 Å². The molecule has 0 radical (unpaired) electrons. The van der Waals surface area contributed by atoms with Gasteiger partial charge in [0.15, 0.2) is 0 Å². The fraction of sp³-hybridized carbons (Fsp3) is 0.875. The van der Waals surface area contributed by atoms with Gasteiger partial charge in [-0.1, -0.05) is 65.7 Å². The highest BCUT2D eigenvalue weighted by atomic mass is 16.5. The van der Waals surface area contributed by atoms with E-state index in [1.54, 1.807) is 7.11 Å². The minimum Gasteiger partial charge on any atom is -0.466 e. The molecule has 0 amide bonds. The Kier molecular flexibility index (Phi) is 7.63. The average Bonchev–Trinajstić information content (AvgIpc) is 2.94. The number of H-pyrrole nitrogens is 1. The van der Waals surface area contributed by atoms with Crippen molar-refractivity contribution in [2.24, 2.45) is 0 Å². The maximum atomic E-state index is 5.11. The predicted octanol–water partition coefficient (Wildman–Crippen LogP) is 4.62. The lowest BCUT2D eigenvalue weighted by Gasteiger charge is -2.27. The zero-order valence-electron chi connectivity index (χ0n) is 13.7. The van der Waals surface area contributed by atoms with Crippen LogP contribution in [0.15, 0.2) is 0 Å². The van der Waals surface area contributed by atoms with Gasteiger partial charge in [-0.2, -0.15) is 4.98 Å². The van der Waals surface area contributed by atoms with E-state index in [9.17, 15) is 0 Å². The van der Waals surface area contributed by atoms with Crippen LogP contribution in [0, 0.1) is 0 Å². The Bertz CT molecular complexity index is 364. The van der Waals surface area contributed by atoms with Gasteiger partial charge in [0.05, 0.1) is 7.11 Å². The van der Waals surface area contributed by atoms with Crippen LogP contribution in [0.4, 0.5) is 0 Å². The number of aromatic amines is 1. The fourth-order valence-electron chi connectivity index (χ4n) is 2.68. The minimum atomic E-state index is 0.104. The summed E-state index contributed by atoms with van der Waals surface area (Å²) in [6, 6.07) is 0.454. The number of nitrogens with zero attached hydrogens (tertiary/aromatic N) is 2. The van der Waals surface area contributed by atoms with E-state index in [-0.39, 0.29) is 5.41 Å². The normalized spacial score (nSPS) is 14.2. The Morgan fingerprint density at radius 2 is 1.60 bits per heavy atom. The number of unbranched alkanes of at least 4 members (excludes halogenated alkanes) is 5. The lowest BCUT2D eigenvalue weighted by molar-refractivity contribution is 0.344. The zero-order valence-corrected chi connectivity index (χ0v) is 13.7. The highest BCUT2D eigenvalue weighted by Gasteiger charge is 2.29. The molecule has 0 aromatic carbocycles. The number of nitrogens with one attached hydrogen (secondary N) is 1. The molecule has 4 heteroatoms. The molecule has 0 bridgehead atoms. The minimum absolute atomic E-state index is 0.104. The zero-order chi connectivity index (χ0) is 14.8. The third-order valence-corrected chi connectivity index (χ3v) is 4.13. The Morgan fingerprint density at radius 3 is 2.15 bits per heavy atom. The van der Waals surface area contributed by atoms with E-state index in [1.807, 2.05) is 0 Å². The van der Waals surface area contributed by atoms with Crippen LogP contribution >= 0.6 is 0 Å². The molecule has 0 saturated carbocycles. The molecule has 1 aromatic heterocycles. The summed E-state index contributed by atoms with van der Waals surface area (Å²) in [4.78, 5) is 4.49. The maximum absolute atomic E-state index is 5.11. The van der Waals surface area contributed by atoms with E-state index >= 15 is 0 Å². The lowest BCUT2D eigenvalue weighted by Crippen LogP contribution is -2.24. The Labute approximate surface area is 123 Å². The molecule has 1 aromatic rings. The van der Waals surface area contributed by atoms with Gasteiger partial charge >= 0.3 is 6.01 Å². The number of hydrogen-bond acceptors (Lipinski definition) is 3. The summed E-state index contributed by atoms with van der Waals surface area (Å²) in [5.41, 5.74) is 0.104. The molecule has 0 spiro atoms. The fourth-order valence-corrected chi connectivity index (χ4v) is 2.68. The quantitative estimate of drug-likeness (QED) is 0.602. The van der Waals surface area contributed by atoms with Crippen LogP contribution in [0.3, 0.4) is 0 Å². The largest absolute Gasteiger partial charge is 0.466 e. The van der Waals surface area contributed by atoms with Crippen molar-refractivity contribution in [1.29, 1.82) is 0 Å². The molecule has 1 heterocycles. The third kappa shape index (κ3) is 5.14. The monoisotopic (exact) mass is 281 g/mol. The summed E-state index contributed by atoms with van der Waals surface area (Å²) in [6.07, 6.45) is 11.3. The van der Waals surface area contributed by atoms with Gasteiger partial charge in [0, 0.05) is 5.41 Å². The average molecular weight is 281 g/mol. The SMILES string of the molecule is CCCCCCC(C)(CCCCC)c1nc(OC)n[nH]1. The first-order chi connectivity index (χ1) is 9.66. The van der Waals surface area contributed by atoms with Crippen molar-refractivity contribution in [3.63, 3.8) is 0 Å². The molecule has 1 rings (SSSR count). The molecule has 0 aliphatic heterocycles. The van der Waals surface area contributed by atoms with Gasteiger partial charge in [0.25, 0.3) is 0 Å². The van der Waals surface area contributed by atoms with Crippen LogP contribution in [0.5, 0.6) is 6.01 Å². The number of rotatable bonds is 11. The molecule has 0 fully saturated rings. The molecule has 20 heavy (non-hydrogen) atoms. The summed E-state index contributed by atoms with van der Waals surface area (Å²) >= 11 is 0. The van der Waals surface area contributed by atoms with Crippen molar-refractivity contribution in [1.82, 2.24) is 15.2 Å². The third-order valence-electron chi connectivity index (χ3n) is 4.13. The van der Waals surface area contributed by atoms with E-state index in [2.05, 4.69) is 36.0 Å². The maximum Gasteiger partial charge on any atom is 0.335 e. The van der Waals surface area contributed by atoms with Crippen molar-refractivity contribution in [3.8, 4) is 6.01 Å². The van der Waals surface area contributed by atoms with E-state index < -0.39 is 0 Å². The van der Waals surface area contributed by atoms with Gasteiger partial charge < -0.3 is 4.74 Å². The highest BCUT2D eigenvalue weighted by molar-refractivity contribution is 5.08. The molecular weight excluding hydrogens is 250 g/mol. The van der Waals surface area contributed by atoms with Crippen molar-refractivity contribution in [2.45, 2.75) is 84.0 Å². The van der Waals surface area contributed by atoms with Crippen LogP contribution in [-0.4, -0.2) is 22.3 Å². The Hall–Kier alpha value is -1.06. The summed E-state index contributed by atoms with van der Waals surface area (Å²) in [5, 5.41) is 7.19. The number of hydrogen-bond donors (Lipinski definition) is 1. The molecular formula is C16H31N3O. The van der Waals surface area contributed by atoms with Gasteiger partial charge in [-0.3, -0.25) is 5.10 Å². The molecule has 1 atom stereocenters.